The van der Waals surface area contributed by atoms with E-state index >= 15 is 0 Å². The first kappa shape index (κ1) is 14.1. The number of aliphatic hydroxyl groups excluding tert-OH is 2. The van der Waals surface area contributed by atoms with Gasteiger partial charge in [-0.05, 0) is 5.56 Å². The molecule has 0 aliphatic carbocycles. The van der Waals surface area contributed by atoms with Crippen LogP contribution in [0.25, 0.3) is 0 Å². The summed E-state index contributed by atoms with van der Waals surface area (Å²) < 4.78 is 0. The van der Waals surface area contributed by atoms with Crippen molar-refractivity contribution in [2.45, 2.75) is 6.04 Å². The largest absolute Gasteiger partial charge is 0.395 e. The molecule has 0 aliphatic rings. The van der Waals surface area contributed by atoms with Crippen LogP contribution in [0, 0.1) is 0 Å². The summed E-state index contributed by atoms with van der Waals surface area (Å²) in [6.07, 6.45) is 0. The fraction of sp³-hybridized carbons (Fsp3) is 0.333. The summed E-state index contributed by atoms with van der Waals surface area (Å²) in [4.78, 5) is 23.0. The molecular weight excluding hydrogens is 236 g/mol. The number of carbonyl (C=O) groups excluding carboxylic acids is 2. The SMILES string of the molecule is O=C(CO)N[C@@H](C(=O)NCCO)c1ccccc1. The van der Waals surface area contributed by atoms with Crippen LogP contribution in [-0.2, 0) is 9.59 Å². The molecule has 6 heteroatoms. The number of rotatable bonds is 6. The van der Waals surface area contributed by atoms with E-state index in [-0.39, 0.29) is 13.2 Å². The average Bonchev–Trinajstić information content (AvgIpc) is 2.42. The average molecular weight is 252 g/mol. The van der Waals surface area contributed by atoms with Gasteiger partial charge in [0.15, 0.2) is 0 Å². The maximum Gasteiger partial charge on any atom is 0.247 e. The van der Waals surface area contributed by atoms with Gasteiger partial charge in [-0.15, -0.1) is 0 Å². The molecule has 98 valence electrons. The number of nitrogens with one attached hydrogen (secondary N) is 2. The van der Waals surface area contributed by atoms with Gasteiger partial charge in [0.05, 0.1) is 6.61 Å². The topological polar surface area (TPSA) is 98.7 Å². The number of hydrogen-bond donors (Lipinski definition) is 4. The molecule has 0 saturated heterocycles. The molecule has 0 spiro atoms. The summed E-state index contributed by atoms with van der Waals surface area (Å²) in [5, 5.41) is 22.2. The van der Waals surface area contributed by atoms with Crippen molar-refractivity contribution >= 4 is 11.8 Å². The molecule has 0 aromatic heterocycles. The van der Waals surface area contributed by atoms with Gasteiger partial charge in [0.25, 0.3) is 0 Å². The Kier molecular flexibility index (Phi) is 5.83. The van der Waals surface area contributed by atoms with E-state index in [0.29, 0.717) is 5.56 Å². The normalized spacial score (nSPS) is 11.7. The molecule has 1 rings (SSSR count). The van der Waals surface area contributed by atoms with E-state index in [1.165, 1.54) is 0 Å². The van der Waals surface area contributed by atoms with Crippen molar-refractivity contribution in [1.82, 2.24) is 10.6 Å². The van der Waals surface area contributed by atoms with Crippen LogP contribution in [0.2, 0.25) is 0 Å². The molecule has 4 N–H and O–H groups in total. The maximum atomic E-state index is 11.8. The van der Waals surface area contributed by atoms with Crippen LogP contribution in [0.15, 0.2) is 30.3 Å². The highest BCUT2D eigenvalue weighted by atomic mass is 16.3. The van der Waals surface area contributed by atoms with Gasteiger partial charge in [0.2, 0.25) is 11.8 Å². The molecule has 0 fully saturated rings. The Morgan fingerprint density at radius 3 is 2.39 bits per heavy atom. The Morgan fingerprint density at radius 2 is 1.83 bits per heavy atom. The summed E-state index contributed by atoms with van der Waals surface area (Å²) in [6, 6.07) is 7.79. The molecular formula is C12H16N2O4. The molecule has 6 nitrogen and oxygen atoms in total. The second-order valence-corrected chi connectivity index (χ2v) is 3.58. The van der Waals surface area contributed by atoms with Crippen LogP contribution < -0.4 is 10.6 Å². The zero-order valence-corrected chi connectivity index (χ0v) is 9.80. The lowest BCUT2D eigenvalue weighted by Crippen LogP contribution is -2.42. The van der Waals surface area contributed by atoms with E-state index < -0.39 is 24.5 Å². The lowest BCUT2D eigenvalue weighted by atomic mass is 10.1. The van der Waals surface area contributed by atoms with Crippen LogP contribution in [0.1, 0.15) is 11.6 Å². The Morgan fingerprint density at radius 1 is 1.17 bits per heavy atom. The molecule has 18 heavy (non-hydrogen) atoms. The van der Waals surface area contributed by atoms with E-state index in [4.69, 9.17) is 10.2 Å². The third kappa shape index (κ3) is 4.15. The van der Waals surface area contributed by atoms with Crippen molar-refractivity contribution in [2.75, 3.05) is 19.8 Å². The summed E-state index contributed by atoms with van der Waals surface area (Å²) >= 11 is 0. The molecule has 0 unspecified atom stereocenters. The first-order valence-corrected chi connectivity index (χ1v) is 5.52. The monoisotopic (exact) mass is 252 g/mol. The number of carbonyl (C=O) groups is 2. The zero-order chi connectivity index (χ0) is 13.4. The molecule has 2 amide bonds. The first-order chi connectivity index (χ1) is 8.69. The van der Waals surface area contributed by atoms with Crippen LogP contribution in [0.5, 0.6) is 0 Å². The number of benzene rings is 1. The van der Waals surface area contributed by atoms with Gasteiger partial charge < -0.3 is 20.8 Å². The van der Waals surface area contributed by atoms with E-state index in [9.17, 15) is 9.59 Å². The first-order valence-electron chi connectivity index (χ1n) is 5.52. The van der Waals surface area contributed by atoms with Gasteiger partial charge in [-0.3, -0.25) is 9.59 Å². The summed E-state index contributed by atoms with van der Waals surface area (Å²) in [6.45, 7) is -0.755. The molecule has 0 saturated carbocycles. The second-order valence-electron chi connectivity index (χ2n) is 3.58. The van der Waals surface area contributed by atoms with Crippen molar-refractivity contribution in [1.29, 1.82) is 0 Å². The van der Waals surface area contributed by atoms with Crippen molar-refractivity contribution in [3.63, 3.8) is 0 Å². The highest BCUT2D eigenvalue weighted by molar-refractivity contribution is 5.88. The van der Waals surface area contributed by atoms with Crippen molar-refractivity contribution in [3.8, 4) is 0 Å². The third-order valence-corrected chi connectivity index (χ3v) is 2.26. The molecule has 0 heterocycles. The third-order valence-electron chi connectivity index (χ3n) is 2.26. The quantitative estimate of drug-likeness (QED) is 0.519. The van der Waals surface area contributed by atoms with Gasteiger partial charge >= 0.3 is 0 Å². The number of aliphatic hydroxyl groups is 2. The van der Waals surface area contributed by atoms with Gasteiger partial charge in [-0.2, -0.15) is 0 Å². The molecule has 0 bridgehead atoms. The molecule has 1 aromatic rings. The van der Waals surface area contributed by atoms with Crippen LogP contribution in [-0.4, -0.2) is 41.8 Å². The highest BCUT2D eigenvalue weighted by Crippen LogP contribution is 2.12. The maximum absolute atomic E-state index is 11.8. The van der Waals surface area contributed by atoms with Crippen LogP contribution in [0.4, 0.5) is 0 Å². The number of hydrogen-bond acceptors (Lipinski definition) is 4. The highest BCUT2D eigenvalue weighted by Gasteiger charge is 2.21. The van der Waals surface area contributed by atoms with E-state index in [1.807, 2.05) is 0 Å². The predicted molar refractivity (Wildman–Crippen MR) is 64.5 cm³/mol. The van der Waals surface area contributed by atoms with E-state index in [0.717, 1.165) is 0 Å². The minimum Gasteiger partial charge on any atom is -0.395 e. The lowest BCUT2D eigenvalue weighted by Gasteiger charge is -2.18. The van der Waals surface area contributed by atoms with Gasteiger partial charge in [-0.25, -0.2) is 0 Å². The van der Waals surface area contributed by atoms with Crippen molar-refractivity contribution < 1.29 is 19.8 Å². The smallest absolute Gasteiger partial charge is 0.247 e. The van der Waals surface area contributed by atoms with Crippen LogP contribution >= 0.6 is 0 Å². The lowest BCUT2D eigenvalue weighted by molar-refractivity contribution is -0.130. The Bertz CT molecular complexity index is 394. The Balaban J connectivity index is 2.81. The zero-order valence-electron chi connectivity index (χ0n) is 9.80. The molecule has 0 aliphatic heterocycles. The van der Waals surface area contributed by atoms with Gasteiger partial charge in [0.1, 0.15) is 12.6 Å². The Hall–Kier alpha value is -1.92. The van der Waals surface area contributed by atoms with Gasteiger partial charge in [0, 0.05) is 6.54 Å². The summed E-state index contributed by atoms with van der Waals surface area (Å²) in [5.74, 6) is -1.07. The van der Waals surface area contributed by atoms with E-state index in [1.54, 1.807) is 30.3 Å². The standard InChI is InChI=1S/C12H16N2O4/c15-7-6-13-12(18)11(14-10(17)8-16)9-4-2-1-3-5-9/h1-5,11,15-16H,6-8H2,(H,13,18)(H,14,17)/t11-/m1/s1. The van der Waals surface area contributed by atoms with E-state index in [2.05, 4.69) is 10.6 Å². The summed E-state index contributed by atoms with van der Waals surface area (Å²) in [5.41, 5.74) is 0.606. The minimum absolute atomic E-state index is 0.108. The van der Waals surface area contributed by atoms with Crippen molar-refractivity contribution in [3.05, 3.63) is 35.9 Å². The second kappa shape index (κ2) is 7.41. The predicted octanol–water partition coefficient (Wildman–Crippen LogP) is -1.06. The molecule has 1 atom stereocenters. The summed E-state index contributed by atoms with van der Waals surface area (Å²) in [7, 11) is 0. The molecule has 1 aromatic carbocycles. The number of amides is 2. The van der Waals surface area contributed by atoms with Gasteiger partial charge in [-0.1, -0.05) is 30.3 Å². The minimum atomic E-state index is -0.877. The van der Waals surface area contributed by atoms with Crippen molar-refractivity contribution in [2.24, 2.45) is 0 Å². The Labute approximate surface area is 105 Å². The fourth-order valence-corrected chi connectivity index (χ4v) is 1.43. The van der Waals surface area contributed by atoms with Crippen LogP contribution in [0.3, 0.4) is 0 Å². The fourth-order valence-electron chi connectivity index (χ4n) is 1.43. The molecule has 0 radical (unpaired) electrons.